The molecule has 2 unspecified atom stereocenters. The van der Waals surface area contributed by atoms with Crippen molar-refractivity contribution < 1.29 is 17.9 Å². The number of hydrogen-bond acceptors (Lipinski definition) is 2. The Morgan fingerprint density at radius 3 is 2.52 bits per heavy atom. The zero-order valence-corrected chi connectivity index (χ0v) is 12.8. The number of hydrogen-bond donors (Lipinski definition) is 1. The van der Waals surface area contributed by atoms with E-state index < -0.39 is 18.1 Å². The largest absolute Gasteiger partial charge is 0.495 e. The van der Waals surface area contributed by atoms with E-state index in [-0.39, 0.29) is 6.42 Å². The van der Waals surface area contributed by atoms with Crippen LogP contribution in [0.15, 0.2) is 12.1 Å². The van der Waals surface area contributed by atoms with Crippen LogP contribution in [0.4, 0.5) is 18.9 Å². The summed E-state index contributed by atoms with van der Waals surface area (Å²) in [5.74, 6) is -0.843. The fourth-order valence-electron chi connectivity index (χ4n) is 2.84. The summed E-state index contributed by atoms with van der Waals surface area (Å²) in [7, 11) is 1.48. The number of rotatable bonds is 3. The first-order valence-corrected chi connectivity index (χ1v) is 7.38. The second-order valence-electron chi connectivity index (χ2n) is 5.49. The van der Waals surface area contributed by atoms with E-state index in [0.29, 0.717) is 29.3 Å². The SMILES string of the molecule is COc1cc(Cl)c(C)cc1NC1CCCCC1C(F)(F)F. The Bertz CT molecular complexity index is 504. The molecule has 1 N–H and O–H groups in total. The minimum atomic E-state index is -4.17. The Morgan fingerprint density at radius 2 is 1.90 bits per heavy atom. The molecule has 1 aromatic rings. The van der Waals surface area contributed by atoms with Crippen LogP contribution in [-0.4, -0.2) is 19.3 Å². The van der Waals surface area contributed by atoms with Gasteiger partial charge in [-0.3, -0.25) is 0 Å². The van der Waals surface area contributed by atoms with E-state index in [1.54, 1.807) is 12.1 Å². The maximum absolute atomic E-state index is 13.1. The summed E-state index contributed by atoms with van der Waals surface area (Å²) >= 11 is 6.02. The third kappa shape index (κ3) is 3.76. The first kappa shape index (κ1) is 16.3. The van der Waals surface area contributed by atoms with Crippen molar-refractivity contribution in [2.75, 3.05) is 12.4 Å². The average Bonchev–Trinajstić information content (AvgIpc) is 2.42. The summed E-state index contributed by atoms with van der Waals surface area (Å²) in [5, 5.41) is 3.56. The second kappa shape index (κ2) is 6.34. The number of benzene rings is 1. The number of aryl methyl sites for hydroxylation is 1. The monoisotopic (exact) mass is 321 g/mol. The van der Waals surface area contributed by atoms with Crippen LogP contribution in [0.5, 0.6) is 5.75 Å². The molecule has 0 radical (unpaired) electrons. The van der Waals surface area contributed by atoms with Crippen LogP contribution in [0.25, 0.3) is 0 Å². The Hall–Kier alpha value is -1.10. The van der Waals surface area contributed by atoms with E-state index in [4.69, 9.17) is 16.3 Å². The summed E-state index contributed by atoms with van der Waals surface area (Å²) in [6.07, 6.45) is -2.06. The van der Waals surface area contributed by atoms with Gasteiger partial charge in [0.15, 0.2) is 0 Å². The molecule has 6 heteroatoms. The van der Waals surface area contributed by atoms with Crippen LogP contribution in [0.1, 0.15) is 31.2 Å². The van der Waals surface area contributed by atoms with Gasteiger partial charge >= 0.3 is 6.18 Å². The van der Waals surface area contributed by atoms with Gasteiger partial charge in [0.1, 0.15) is 5.75 Å². The molecule has 1 aromatic carbocycles. The molecular formula is C15H19ClF3NO. The lowest BCUT2D eigenvalue weighted by molar-refractivity contribution is -0.184. The molecule has 0 amide bonds. The minimum Gasteiger partial charge on any atom is -0.495 e. The molecule has 118 valence electrons. The minimum absolute atomic E-state index is 0.177. The predicted molar refractivity (Wildman–Crippen MR) is 78.2 cm³/mol. The molecule has 0 spiro atoms. The van der Waals surface area contributed by atoms with E-state index in [0.717, 1.165) is 12.0 Å². The normalized spacial score (nSPS) is 23.0. The summed E-state index contributed by atoms with van der Waals surface area (Å²) in [6, 6.07) is 2.75. The molecule has 1 aliphatic carbocycles. The van der Waals surface area contributed by atoms with Crippen LogP contribution in [0.3, 0.4) is 0 Å². The predicted octanol–water partition coefficient (Wildman–Crippen LogP) is 5.19. The molecule has 1 saturated carbocycles. The first-order valence-electron chi connectivity index (χ1n) is 7.00. The van der Waals surface area contributed by atoms with Gasteiger partial charge in [0, 0.05) is 17.1 Å². The maximum Gasteiger partial charge on any atom is 0.393 e. The van der Waals surface area contributed by atoms with Gasteiger partial charge < -0.3 is 10.1 Å². The third-order valence-electron chi connectivity index (χ3n) is 4.01. The number of anilines is 1. The van der Waals surface area contributed by atoms with Crippen molar-refractivity contribution in [2.24, 2.45) is 5.92 Å². The lowest BCUT2D eigenvalue weighted by Crippen LogP contribution is -2.41. The van der Waals surface area contributed by atoms with Gasteiger partial charge in [0.05, 0.1) is 18.7 Å². The Morgan fingerprint density at radius 1 is 1.24 bits per heavy atom. The zero-order chi connectivity index (χ0) is 15.6. The lowest BCUT2D eigenvalue weighted by Gasteiger charge is -2.34. The van der Waals surface area contributed by atoms with E-state index in [9.17, 15) is 13.2 Å². The molecule has 2 atom stereocenters. The highest BCUT2D eigenvalue weighted by atomic mass is 35.5. The molecule has 21 heavy (non-hydrogen) atoms. The van der Waals surface area contributed by atoms with Crippen molar-refractivity contribution >= 4 is 17.3 Å². The highest BCUT2D eigenvalue weighted by Gasteiger charge is 2.45. The highest BCUT2D eigenvalue weighted by molar-refractivity contribution is 6.31. The average molecular weight is 322 g/mol. The van der Waals surface area contributed by atoms with Gasteiger partial charge in [-0.2, -0.15) is 13.2 Å². The van der Waals surface area contributed by atoms with E-state index in [1.807, 2.05) is 6.92 Å². The van der Waals surface area contributed by atoms with Crippen molar-refractivity contribution in [3.63, 3.8) is 0 Å². The summed E-state index contributed by atoms with van der Waals surface area (Å²) in [5.41, 5.74) is 1.37. The van der Waals surface area contributed by atoms with Crippen LogP contribution in [0, 0.1) is 12.8 Å². The van der Waals surface area contributed by atoms with Crippen LogP contribution in [0.2, 0.25) is 5.02 Å². The number of halogens is 4. The van der Waals surface area contributed by atoms with Crippen molar-refractivity contribution in [3.05, 3.63) is 22.7 Å². The molecule has 2 nitrogen and oxygen atoms in total. The Balaban J connectivity index is 2.25. The number of nitrogens with one attached hydrogen (secondary N) is 1. The van der Waals surface area contributed by atoms with Gasteiger partial charge in [0.2, 0.25) is 0 Å². The van der Waals surface area contributed by atoms with Gasteiger partial charge in [-0.05, 0) is 31.4 Å². The number of ether oxygens (including phenoxy) is 1. The van der Waals surface area contributed by atoms with Gasteiger partial charge in [-0.25, -0.2) is 0 Å². The molecule has 0 bridgehead atoms. The molecule has 1 aliphatic rings. The van der Waals surface area contributed by atoms with Gasteiger partial charge in [0.25, 0.3) is 0 Å². The fraction of sp³-hybridized carbons (Fsp3) is 0.600. The molecular weight excluding hydrogens is 303 g/mol. The van der Waals surface area contributed by atoms with Crippen LogP contribution in [-0.2, 0) is 0 Å². The summed E-state index contributed by atoms with van der Waals surface area (Å²) in [4.78, 5) is 0. The van der Waals surface area contributed by atoms with Crippen molar-refractivity contribution in [3.8, 4) is 5.75 Å². The molecule has 0 aliphatic heterocycles. The van der Waals surface area contributed by atoms with Crippen molar-refractivity contribution in [1.82, 2.24) is 0 Å². The number of methoxy groups -OCH3 is 1. The smallest absolute Gasteiger partial charge is 0.393 e. The van der Waals surface area contributed by atoms with Gasteiger partial charge in [-0.15, -0.1) is 0 Å². The quantitative estimate of drug-likeness (QED) is 0.827. The van der Waals surface area contributed by atoms with Crippen LogP contribution >= 0.6 is 11.6 Å². The molecule has 1 fully saturated rings. The topological polar surface area (TPSA) is 21.3 Å². The van der Waals surface area contributed by atoms with Gasteiger partial charge in [-0.1, -0.05) is 24.4 Å². The lowest BCUT2D eigenvalue weighted by atomic mass is 9.84. The van der Waals surface area contributed by atoms with E-state index in [2.05, 4.69) is 5.32 Å². The van der Waals surface area contributed by atoms with E-state index >= 15 is 0 Å². The maximum atomic E-state index is 13.1. The molecule has 0 heterocycles. The molecule has 0 aromatic heterocycles. The molecule has 2 rings (SSSR count). The number of alkyl halides is 3. The first-order chi connectivity index (χ1) is 9.82. The second-order valence-corrected chi connectivity index (χ2v) is 5.89. The zero-order valence-electron chi connectivity index (χ0n) is 12.1. The molecule has 0 saturated heterocycles. The van der Waals surface area contributed by atoms with Crippen LogP contribution < -0.4 is 10.1 Å². The summed E-state index contributed by atoms with van der Waals surface area (Å²) in [6.45, 7) is 1.81. The third-order valence-corrected chi connectivity index (χ3v) is 4.42. The fourth-order valence-corrected chi connectivity index (χ4v) is 2.99. The van der Waals surface area contributed by atoms with Crippen molar-refractivity contribution in [2.45, 2.75) is 44.8 Å². The highest BCUT2D eigenvalue weighted by Crippen LogP contribution is 2.40. The van der Waals surface area contributed by atoms with Crippen molar-refractivity contribution in [1.29, 1.82) is 0 Å². The Labute approximate surface area is 127 Å². The Kier molecular flexibility index (Phi) is 4.91. The standard InChI is InChI=1S/C15H19ClF3NO/c1-9-7-13(14(21-2)8-11(9)16)20-12-6-4-3-5-10(12)15(17,18)19/h7-8,10,12,20H,3-6H2,1-2H3. The van der Waals surface area contributed by atoms with E-state index in [1.165, 1.54) is 7.11 Å². The summed E-state index contributed by atoms with van der Waals surface area (Å²) < 4.78 is 44.6.